The van der Waals surface area contributed by atoms with Gasteiger partial charge in [-0.05, 0) is 48.2 Å². The van der Waals surface area contributed by atoms with Gasteiger partial charge in [0.15, 0.2) is 0 Å². The van der Waals surface area contributed by atoms with E-state index in [4.69, 9.17) is 4.74 Å². The Hall–Kier alpha value is -1.92. The lowest BCUT2D eigenvalue weighted by Crippen LogP contribution is -2.37. The Balaban J connectivity index is 1.83. The van der Waals surface area contributed by atoms with E-state index in [1.165, 1.54) is 6.07 Å². The smallest absolute Gasteiger partial charge is 0.254 e. The Morgan fingerprint density at radius 1 is 1.48 bits per heavy atom. The highest BCUT2D eigenvalue weighted by Gasteiger charge is 2.24. The second-order valence-corrected chi connectivity index (χ2v) is 6.65. The molecular weight excluding hydrogens is 312 g/mol. The molecule has 5 nitrogen and oxygen atoms in total. The minimum atomic E-state index is -0.249. The summed E-state index contributed by atoms with van der Waals surface area (Å²) in [5.41, 5.74) is 1.97. The molecule has 3 rings (SSSR count). The van der Waals surface area contributed by atoms with E-state index in [1.54, 1.807) is 29.2 Å². The van der Waals surface area contributed by atoms with Crippen molar-refractivity contribution in [2.45, 2.75) is 32.4 Å². The van der Waals surface area contributed by atoms with Crippen molar-refractivity contribution in [3.63, 3.8) is 0 Å². The number of ether oxygens (including phenoxy) is 1. The fourth-order valence-electron chi connectivity index (χ4n) is 2.85. The average molecular weight is 332 g/mol. The first-order chi connectivity index (χ1) is 11.1. The van der Waals surface area contributed by atoms with Crippen LogP contribution in [0.25, 0.3) is 0 Å². The summed E-state index contributed by atoms with van der Waals surface area (Å²) >= 11 is 1.61. The Kier molecular flexibility index (Phi) is 4.93. The number of amides is 1. The second-order valence-electron chi connectivity index (χ2n) is 5.87. The molecule has 0 saturated carbocycles. The summed E-state index contributed by atoms with van der Waals surface area (Å²) in [5.74, 6) is -0.124. The van der Waals surface area contributed by atoms with Crippen molar-refractivity contribution in [2.75, 3.05) is 13.2 Å². The van der Waals surface area contributed by atoms with Crippen LogP contribution in [0.1, 0.15) is 34.5 Å². The van der Waals surface area contributed by atoms with Crippen molar-refractivity contribution in [1.82, 2.24) is 9.88 Å². The highest BCUT2D eigenvalue weighted by Crippen LogP contribution is 2.18. The van der Waals surface area contributed by atoms with Gasteiger partial charge in [-0.15, -0.1) is 0 Å². The third-order valence-electron chi connectivity index (χ3n) is 3.91. The fourth-order valence-corrected chi connectivity index (χ4v) is 3.50. The minimum Gasteiger partial charge on any atom is -0.376 e. The van der Waals surface area contributed by atoms with Crippen LogP contribution >= 0.6 is 11.3 Å². The maximum absolute atomic E-state index is 12.9. The Morgan fingerprint density at radius 3 is 3.00 bits per heavy atom. The topological polar surface area (TPSA) is 62.4 Å². The van der Waals surface area contributed by atoms with Crippen molar-refractivity contribution < 1.29 is 9.53 Å². The quantitative estimate of drug-likeness (QED) is 0.915. The molecule has 1 unspecified atom stereocenters. The number of carbonyl (C=O) groups is 1. The van der Waals surface area contributed by atoms with Crippen molar-refractivity contribution in [3.8, 4) is 0 Å². The van der Waals surface area contributed by atoms with Crippen molar-refractivity contribution in [2.24, 2.45) is 0 Å². The zero-order valence-electron chi connectivity index (χ0n) is 13.1. The molecule has 0 aliphatic carbocycles. The van der Waals surface area contributed by atoms with Gasteiger partial charge in [0, 0.05) is 37.0 Å². The number of aromatic amines is 1. The minimum absolute atomic E-state index is 0.0840. The number of rotatable bonds is 5. The molecule has 3 heterocycles. The van der Waals surface area contributed by atoms with Gasteiger partial charge in [-0.1, -0.05) is 0 Å². The van der Waals surface area contributed by atoms with Crippen LogP contribution in [-0.2, 0) is 11.3 Å². The van der Waals surface area contributed by atoms with Gasteiger partial charge in [0.2, 0.25) is 5.56 Å². The van der Waals surface area contributed by atoms with E-state index < -0.39 is 0 Å². The zero-order valence-corrected chi connectivity index (χ0v) is 13.9. The van der Waals surface area contributed by atoms with Crippen molar-refractivity contribution in [1.29, 1.82) is 0 Å². The Bertz CT molecular complexity index is 718. The number of aryl methyl sites for hydroxylation is 1. The lowest BCUT2D eigenvalue weighted by atomic mass is 10.1. The first kappa shape index (κ1) is 16.0. The summed E-state index contributed by atoms with van der Waals surface area (Å²) in [5, 5.41) is 4.04. The summed E-state index contributed by atoms with van der Waals surface area (Å²) < 4.78 is 5.68. The average Bonchev–Trinajstić information content (AvgIpc) is 3.18. The maximum atomic E-state index is 12.9. The lowest BCUT2D eigenvalue weighted by molar-refractivity contribution is 0.0507. The van der Waals surface area contributed by atoms with E-state index >= 15 is 0 Å². The number of carbonyl (C=O) groups excluding carboxylic acids is 1. The van der Waals surface area contributed by atoms with Gasteiger partial charge < -0.3 is 14.6 Å². The van der Waals surface area contributed by atoms with Gasteiger partial charge in [0.25, 0.3) is 5.91 Å². The number of H-pyrrole nitrogens is 1. The van der Waals surface area contributed by atoms with Gasteiger partial charge in [-0.25, -0.2) is 0 Å². The highest BCUT2D eigenvalue weighted by atomic mass is 32.1. The molecule has 1 saturated heterocycles. The van der Waals surface area contributed by atoms with Crippen LogP contribution in [0.5, 0.6) is 0 Å². The Morgan fingerprint density at radius 2 is 2.35 bits per heavy atom. The number of nitrogens with zero attached hydrogens (tertiary/aromatic N) is 1. The molecular formula is C17H20N2O3S. The van der Waals surface area contributed by atoms with Crippen LogP contribution in [-0.4, -0.2) is 35.0 Å². The molecule has 1 amide bonds. The number of hydrogen-bond acceptors (Lipinski definition) is 4. The molecule has 0 spiro atoms. The van der Waals surface area contributed by atoms with Crippen LogP contribution in [0.2, 0.25) is 0 Å². The molecule has 23 heavy (non-hydrogen) atoms. The molecule has 1 aliphatic rings. The maximum Gasteiger partial charge on any atom is 0.254 e. The monoisotopic (exact) mass is 332 g/mol. The van der Waals surface area contributed by atoms with E-state index in [2.05, 4.69) is 4.98 Å². The number of thiophene rings is 1. The van der Waals surface area contributed by atoms with Gasteiger partial charge in [0.1, 0.15) is 0 Å². The summed E-state index contributed by atoms with van der Waals surface area (Å²) in [6.45, 7) is 3.63. The van der Waals surface area contributed by atoms with E-state index in [0.717, 1.165) is 25.0 Å². The number of hydrogen-bond donors (Lipinski definition) is 1. The molecule has 6 heteroatoms. The largest absolute Gasteiger partial charge is 0.376 e. The Labute approximate surface area is 138 Å². The van der Waals surface area contributed by atoms with E-state index in [-0.39, 0.29) is 17.6 Å². The molecule has 1 N–H and O–H groups in total. The summed E-state index contributed by atoms with van der Waals surface area (Å²) in [4.78, 5) is 29.0. The molecule has 122 valence electrons. The molecule has 0 radical (unpaired) electrons. The van der Waals surface area contributed by atoms with Gasteiger partial charge in [0.05, 0.1) is 6.10 Å². The first-order valence-electron chi connectivity index (χ1n) is 7.75. The second kappa shape index (κ2) is 7.10. The third kappa shape index (κ3) is 4.09. The van der Waals surface area contributed by atoms with Crippen molar-refractivity contribution in [3.05, 3.63) is 56.1 Å². The predicted molar refractivity (Wildman–Crippen MR) is 89.8 cm³/mol. The van der Waals surface area contributed by atoms with E-state index in [1.807, 2.05) is 16.8 Å². The molecule has 1 atom stereocenters. The van der Waals surface area contributed by atoms with E-state index in [0.29, 0.717) is 24.3 Å². The normalized spacial score (nSPS) is 17.3. The number of nitrogens with one attached hydrogen (secondary N) is 1. The molecule has 0 bridgehead atoms. The van der Waals surface area contributed by atoms with Crippen LogP contribution < -0.4 is 5.56 Å². The summed E-state index contributed by atoms with van der Waals surface area (Å²) in [6.07, 6.45) is 2.09. The summed E-state index contributed by atoms with van der Waals surface area (Å²) in [7, 11) is 0. The molecule has 1 aliphatic heterocycles. The molecule has 0 aromatic carbocycles. The number of aromatic nitrogens is 1. The third-order valence-corrected chi connectivity index (χ3v) is 4.65. The van der Waals surface area contributed by atoms with Crippen LogP contribution in [0.4, 0.5) is 0 Å². The summed E-state index contributed by atoms with van der Waals surface area (Å²) in [6, 6.07) is 5.11. The SMILES string of the molecule is Cc1cc(C(=O)N(Cc2ccsc2)CC2CCCO2)cc(=O)[nH]1. The fraction of sp³-hybridized carbons (Fsp3) is 0.412. The van der Waals surface area contributed by atoms with Crippen molar-refractivity contribution >= 4 is 17.2 Å². The van der Waals surface area contributed by atoms with Gasteiger partial charge in [-0.3, -0.25) is 9.59 Å². The number of pyridine rings is 1. The standard InChI is InChI=1S/C17H20N2O3S/c1-12-7-14(8-16(20)18-12)17(21)19(9-13-4-6-23-11-13)10-15-3-2-5-22-15/h4,6-8,11,15H,2-3,5,9-10H2,1H3,(H,18,20). The van der Waals surface area contributed by atoms with E-state index in [9.17, 15) is 9.59 Å². The van der Waals surface area contributed by atoms with Crippen LogP contribution in [0.3, 0.4) is 0 Å². The molecule has 2 aromatic rings. The zero-order chi connectivity index (χ0) is 16.2. The van der Waals surface area contributed by atoms with Gasteiger partial charge >= 0.3 is 0 Å². The molecule has 1 fully saturated rings. The molecule has 2 aromatic heterocycles. The van der Waals surface area contributed by atoms with Crippen LogP contribution in [0.15, 0.2) is 33.8 Å². The predicted octanol–water partition coefficient (Wildman–Crippen LogP) is 2.57. The lowest BCUT2D eigenvalue weighted by Gasteiger charge is -2.25. The first-order valence-corrected chi connectivity index (χ1v) is 8.69. The van der Waals surface area contributed by atoms with Gasteiger partial charge in [-0.2, -0.15) is 11.3 Å². The highest BCUT2D eigenvalue weighted by molar-refractivity contribution is 7.07. The van der Waals surface area contributed by atoms with Crippen LogP contribution in [0, 0.1) is 6.92 Å².